The Kier molecular flexibility index (Phi) is 3.64. The standard InChI is InChI=1S/C16H17ClN4/c1-4-21-14-8-6-5-7-12(14)20-15(21)9-13-16(17)19-11(3)10(2)18-13/h5-8H,4,9H2,1-3H3. The van der Waals surface area contributed by atoms with Gasteiger partial charge in [-0.05, 0) is 32.9 Å². The SMILES string of the molecule is CCn1c(Cc2nc(C)c(C)nc2Cl)nc2ccccc21. The van der Waals surface area contributed by atoms with Gasteiger partial charge in [0.2, 0.25) is 0 Å². The van der Waals surface area contributed by atoms with Crippen molar-refractivity contribution in [2.24, 2.45) is 0 Å². The quantitative estimate of drug-likeness (QED) is 0.740. The van der Waals surface area contributed by atoms with E-state index in [1.807, 2.05) is 32.0 Å². The summed E-state index contributed by atoms with van der Waals surface area (Å²) in [6.45, 7) is 6.85. The van der Waals surface area contributed by atoms with Gasteiger partial charge in [-0.2, -0.15) is 0 Å². The second-order valence-corrected chi connectivity index (χ2v) is 5.43. The lowest BCUT2D eigenvalue weighted by atomic mass is 10.2. The number of nitrogens with zero attached hydrogens (tertiary/aromatic N) is 4. The molecule has 0 radical (unpaired) electrons. The number of para-hydroxylation sites is 2. The van der Waals surface area contributed by atoms with E-state index in [0.717, 1.165) is 40.5 Å². The number of aromatic nitrogens is 4. The minimum atomic E-state index is 0.466. The van der Waals surface area contributed by atoms with Crippen LogP contribution in [-0.2, 0) is 13.0 Å². The molecular formula is C16H17ClN4. The van der Waals surface area contributed by atoms with Crippen LogP contribution in [-0.4, -0.2) is 19.5 Å². The van der Waals surface area contributed by atoms with Crippen LogP contribution in [0, 0.1) is 13.8 Å². The maximum Gasteiger partial charge on any atom is 0.151 e. The van der Waals surface area contributed by atoms with Crippen molar-refractivity contribution >= 4 is 22.6 Å². The van der Waals surface area contributed by atoms with Gasteiger partial charge >= 0.3 is 0 Å². The van der Waals surface area contributed by atoms with Crippen molar-refractivity contribution < 1.29 is 0 Å². The van der Waals surface area contributed by atoms with Gasteiger partial charge in [0.05, 0.1) is 34.5 Å². The van der Waals surface area contributed by atoms with Crippen LogP contribution in [0.15, 0.2) is 24.3 Å². The Morgan fingerprint density at radius 3 is 2.52 bits per heavy atom. The Hall–Kier alpha value is -1.94. The molecular weight excluding hydrogens is 284 g/mol. The molecule has 3 aromatic rings. The topological polar surface area (TPSA) is 43.6 Å². The predicted molar refractivity (Wildman–Crippen MR) is 84.7 cm³/mol. The van der Waals surface area contributed by atoms with Crippen LogP contribution in [0.4, 0.5) is 0 Å². The molecule has 0 amide bonds. The van der Waals surface area contributed by atoms with E-state index >= 15 is 0 Å². The molecule has 0 N–H and O–H groups in total. The minimum absolute atomic E-state index is 0.466. The first-order valence-electron chi connectivity index (χ1n) is 7.04. The van der Waals surface area contributed by atoms with Crippen LogP contribution >= 0.6 is 11.6 Å². The highest BCUT2D eigenvalue weighted by Gasteiger charge is 2.14. The van der Waals surface area contributed by atoms with Crippen LogP contribution in [0.3, 0.4) is 0 Å². The van der Waals surface area contributed by atoms with Crippen LogP contribution in [0.1, 0.15) is 29.8 Å². The summed E-state index contributed by atoms with van der Waals surface area (Å²) >= 11 is 6.23. The molecule has 0 saturated carbocycles. The third-order valence-corrected chi connectivity index (χ3v) is 4.01. The third-order valence-electron chi connectivity index (χ3n) is 3.71. The Balaban J connectivity index is 2.08. The molecule has 1 aromatic carbocycles. The van der Waals surface area contributed by atoms with Crippen LogP contribution < -0.4 is 0 Å². The summed E-state index contributed by atoms with van der Waals surface area (Å²) in [5.74, 6) is 0.971. The Morgan fingerprint density at radius 2 is 1.76 bits per heavy atom. The summed E-state index contributed by atoms with van der Waals surface area (Å²) in [4.78, 5) is 13.6. The Bertz CT molecular complexity index is 807. The van der Waals surface area contributed by atoms with Crippen molar-refractivity contribution in [2.75, 3.05) is 0 Å². The molecule has 0 bridgehead atoms. The highest BCUT2D eigenvalue weighted by Crippen LogP contribution is 2.21. The minimum Gasteiger partial charge on any atom is -0.328 e. The summed E-state index contributed by atoms with van der Waals surface area (Å²) < 4.78 is 2.20. The van der Waals surface area contributed by atoms with E-state index in [1.165, 1.54) is 0 Å². The molecule has 3 rings (SSSR count). The van der Waals surface area contributed by atoms with E-state index in [4.69, 9.17) is 16.6 Å². The largest absolute Gasteiger partial charge is 0.328 e. The molecule has 0 spiro atoms. The first-order valence-corrected chi connectivity index (χ1v) is 7.41. The fourth-order valence-electron chi connectivity index (χ4n) is 2.50. The van der Waals surface area contributed by atoms with Gasteiger partial charge < -0.3 is 4.57 Å². The third kappa shape index (κ3) is 2.51. The fraction of sp³-hybridized carbons (Fsp3) is 0.312. The summed E-state index contributed by atoms with van der Waals surface area (Å²) in [5, 5.41) is 0.466. The van der Waals surface area contributed by atoms with E-state index in [1.54, 1.807) is 0 Å². The molecule has 2 heterocycles. The maximum atomic E-state index is 6.23. The zero-order chi connectivity index (χ0) is 15.0. The van der Waals surface area contributed by atoms with Crippen LogP contribution in [0.5, 0.6) is 0 Å². The fourth-order valence-corrected chi connectivity index (χ4v) is 2.73. The van der Waals surface area contributed by atoms with Crippen molar-refractivity contribution in [2.45, 2.75) is 33.7 Å². The van der Waals surface area contributed by atoms with E-state index < -0.39 is 0 Å². The van der Waals surface area contributed by atoms with Crippen molar-refractivity contribution in [3.05, 3.63) is 52.3 Å². The van der Waals surface area contributed by atoms with E-state index in [2.05, 4.69) is 27.5 Å². The predicted octanol–water partition coefficient (Wildman–Crippen LogP) is 3.71. The zero-order valence-electron chi connectivity index (χ0n) is 12.4. The summed E-state index contributed by atoms with van der Waals surface area (Å²) in [6, 6.07) is 8.15. The average molecular weight is 301 g/mol. The molecule has 5 heteroatoms. The number of aryl methyl sites for hydroxylation is 3. The van der Waals surface area contributed by atoms with Crippen molar-refractivity contribution in [3.8, 4) is 0 Å². The molecule has 21 heavy (non-hydrogen) atoms. The van der Waals surface area contributed by atoms with Gasteiger partial charge in [0.25, 0.3) is 0 Å². The van der Waals surface area contributed by atoms with Crippen molar-refractivity contribution in [1.29, 1.82) is 0 Å². The molecule has 2 aromatic heterocycles. The molecule has 0 saturated heterocycles. The number of rotatable bonds is 3. The van der Waals surface area contributed by atoms with Crippen LogP contribution in [0.25, 0.3) is 11.0 Å². The van der Waals surface area contributed by atoms with Gasteiger partial charge in [-0.25, -0.2) is 9.97 Å². The molecule has 0 fully saturated rings. The second kappa shape index (κ2) is 5.45. The summed E-state index contributed by atoms with van der Waals surface area (Å²) in [5.41, 5.74) is 4.70. The first kappa shape index (κ1) is 14.0. The molecule has 0 aliphatic rings. The number of fused-ring (bicyclic) bond motifs is 1. The smallest absolute Gasteiger partial charge is 0.151 e. The van der Waals surface area contributed by atoms with Gasteiger partial charge in [0, 0.05) is 6.54 Å². The number of halogens is 1. The molecule has 4 nitrogen and oxygen atoms in total. The van der Waals surface area contributed by atoms with Gasteiger partial charge in [-0.15, -0.1) is 0 Å². The molecule has 0 aliphatic carbocycles. The average Bonchev–Trinajstić information content (AvgIpc) is 2.81. The lowest BCUT2D eigenvalue weighted by molar-refractivity contribution is 0.726. The van der Waals surface area contributed by atoms with Gasteiger partial charge in [-0.3, -0.25) is 4.98 Å². The number of hydrogen-bond acceptors (Lipinski definition) is 3. The van der Waals surface area contributed by atoms with Gasteiger partial charge in [0.15, 0.2) is 5.15 Å². The number of benzene rings is 1. The monoisotopic (exact) mass is 300 g/mol. The first-order chi connectivity index (χ1) is 10.1. The second-order valence-electron chi connectivity index (χ2n) is 5.07. The molecule has 0 atom stereocenters. The van der Waals surface area contributed by atoms with Crippen molar-refractivity contribution in [1.82, 2.24) is 19.5 Å². The number of imidazole rings is 1. The van der Waals surface area contributed by atoms with Gasteiger partial charge in [-0.1, -0.05) is 23.7 Å². The van der Waals surface area contributed by atoms with E-state index in [0.29, 0.717) is 11.6 Å². The van der Waals surface area contributed by atoms with Gasteiger partial charge in [0.1, 0.15) is 5.82 Å². The number of hydrogen-bond donors (Lipinski definition) is 0. The molecule has 108 valence electrons. The summed E-state index contributed by atoms with van der Waals surface area (Å²) in [7, 11) is 0. The lowest BCUT2D eigenvalue weighted by Crippen LogP contribution is -2.06. The van der Waals surface area contributed by atoms with Crippen LogP contribution in [0.2, 0.25) is 5.15 Å². The molecule has 0 unspecified atom stereocenters. The summed E-state index contributed by atoms with van der Waals surface area (Å²) in [6.07, 6.45) is 0.593. The van der Waals surface area contributed by atoms with E-state index in [9.17, 15) is 0 Å². The Labute approximate surface area is 128 Å². The molecule has 0 aliphatic heterocycles. The van der Waals surface area contributed by atoms with Crippen molar-refractivity contribution in [3.63, 3.8) is 0 Å². The Morgan fingerprint density at radius 1 is 1.05 bits per heavy atom. The normalized spacial score (nSPS) is 11.2. The zero-order valence-corrected chi connectivity index (χ0v) is 13.1. The maximum absolute atomic E-state index is 6.23. The highest BCUT2D eigenvalue weighted by molar-refractivity contribution is 6.30. The van der Waals surface area contributed by atoms with E-state index in [-0.39, 0.29) is 0 Å². The lowest BCUT2D eigenvalue weighted by Gasteiger charge is -2.08. The highest BCUT2D eigenvalue weighted by atomic mass is 35.5.